The zero-order valence-electron chi connectivity index (χ0n) is 8.29. The molecule has 0 aromatic heterocycles. The first-order valence-electron chi connectivity index (χ1n) is 4.57. The predicted molar refractivity (Wildman–Crippen MR) is 63.6 cm³/mol. The van der Waals surface area contributed by atoms with Crippen molar-refractivity contribution in [2.75, 3.05) is 6.61 Å². The SMILES string of the molecule is [CH2]C(C=C)c1ccc(Br)c(OCC)c1. The maximum Gasteiger partial charge on any atom is 0.133 e. The summed E-state index contributed by atoms with van der Waals surface area (Å²) in [5.41, 5.74) is 1.12. The Kier molecular flexibility index (Phi) is 4.21. The minimum Gasteiger partial charge on any atom is -0.493 e. The highest BCUT2D eigenvalue weighted by Crippen LogP contribution is 2.29. The van der Waals surface area contributed by atoms with Gasteiger partial charge in [0, 0.05) is 5.92 Å². The monoisotopic (exact) mass is 253 g/mol. The molecule has 0 saturated carbocycles. The van der Waals surface area contributed by atoms with Crippen molar-refractivity contribution >= 4 is 15.9 Å². The first kappa shape index (κ1) is 11.3. The summed E-state index contributed by atoms with van der Waals surface area (Å²) in [7, 11) is 0. The Morgan fingerprint density at radius 1 is 1.57 bits per heavy atom. The lowest BCUT2D eigenvalue weighted by atomic mass is 10.0. The fourth-order valence-electron chi connectivity index (χ4n) is 1.15. The van der Waals surface area contributed by atoms with Crippen LogP contribution in [0.4, 0.5) is 0 Å². The molecule has 75 valence electrons. The lowest BCUT2D eigenvalue weighted by molar-refractivity contribution is 0.338. The molecule has 1 rings (SSSR count). The molecule has 1 atom stereocenters. The van der Waals surface area contributed by atoms with E-state index in [2.05, 4.69) is 29.4 Å². The number of rotatable bonds is 4. The number of allylic oxidation sites excluding steroid dienone is 1. The first-order chi connectivity index (χ1) is 6.69. The van der Waals surface area contributed by atoms with Crippen molar-refractivity contribution in [1.29, 1.82) is 0 Å². The van der Waals surface area contributed by atoms with Crippen LogP contribution >= 0.6 is 15.9 Å². The van der Waals surface area contributed by atoms with Crippen molar-refractivity contribution in [3.63, 3.8) is 0 Å². The molecule has 1 radical (unpaired) electrons. The minimum atomic E-state index is 0.113. The third-order valence-electron chi connectivity index (χ3n) is 1.97. The molecule has 2 heteroatoms. The van der Waals surface area contributed by atoms with Gasteiger partial charge in [-0.1, -0.05) is 12.1 Å². The van der Waals surface area contributed by atoms with Crippen molar-refractivity contribution in [1.82, 2.24) is 0 Å². The molecule has 0 N–H and O–H groups in total. The van der Waals surface area contributed by atoms with Crippen molar-refractivity contribution in [2.45, 2.75) is 12.8 Å². The lowest BCUT2D eigenvalue weighted by Gasteiger charge is -2.10. The van der Waals surface area contributed by atoms with E-state index in [4.69, 9.17) is 4.74 Å². The van der Waals surface area contributed by atoms with E-state index in [1.807, 2.05) is 31.2 Å². The molecule has 0 fully saturated rings. The second-order valence-corrected chi connectivity index (χ2v) is 3.82. The molecule has 0 aliphatic heterocycles. The maximum atomic E-state index is 5.46. The van der Waals surface area contributed by atoms with Gasteiger partial charge in [-0.2, -0.15) is 0 Å². The molecule has 1 nitrogen and oxygen atoms in total. The molecule has 1 aromatic rings. The van der Waals surface area contributed by atoms with E-state index in [1.165, 1.54) is 0 Å². The van der Waals surface area contributed by atoms with Gasteiger partial charge in [0.2, 0.25) is 0 Å². The average Bonchev–Trinajstić information content (AvgIpc) is 2.20. The third-order valence-corrected chi connectivity index (χ3v) is 2.62. The minimum absolute atomic E-state index is 0.113. The Morgan fingerprint density at radius 2 is 2.29 bits per heavy atom. The van der Waals surface area contributed by atoms with Crippen LogP contribution in [0.1, 0.15) is 18.4 Å². The standard InChI is InChI=1S/C12H14BrO/c1-4-9(3)10-6-7-11(13)12(8-10)14-5-2/h4,6-9H,1,3,5H2,2H3. The van der Waals surface area contributed by atoms with Crippen LogP contribution in [0.3, 0.4) is 0 Å². The predicted octanol–water partition coefficient (Wildman–Crippen LogP) is 3.95. The highest BCUT2D eigenvalue weighted by molar-refractivity contribution is 9.10. The van der Waals surface area contributed by atoms with Gasteiger partial charge < -0.3 is 4.74 Å². The van der Waals surface area contributed by atoms with Crippen molar-refractivity contribution in [2.24, 2.45) is 0 Å². The number of ether oxygens (including phenoxy) is 1. The fraction of sp³-hybridized carbons (Fsp3) is 0.250. The molecule has 14 heavy (non-hydrogen) atoms. The van der Waals surface area contributed by atoms with Gasteiger partial charge in [-0.25, -0.2) is 0 Å². The van der Waals surface area contributed by atoms with Crippen molar-refractivity contribution in [3.05, 3.63) is 47.8 Å². The fourth-order valence-corrected chi connectivity index (χ4v) is 1.51. The van der Waals surface area contributed by atoms with Crippen LogP contribution < -0.4 is 4.74 Å². The van der Waals surface area contributed by atoms with Gasteiger partial charge in [-0.05, 0) is 47.5 Å². The van der Waals surface area contributed by atoms with Crippen LogP contribution in [0.25, 0.3) is 0 Å². The van der Waals surface area contributed by atoms with Crippen LogP contribution in [0.5, 0.6) is 5.75 Å². The summed E-state index contributed by atoms with van der Waals surface area (Å²) >= 11 is 3.43. The molecular formula is C12H14BrO. The largest absolute Gasteiger partial charge is 0.493 e. The molecular weight excluding hydrogens is 240 g/mol. The normalized spacial score (nSPS) is 12.2. The topological polar surface area (TPSA) is 9.23 Å². The zero-order valence-corrected chi connectivity index (χ0v) is 9.88. The van der Waals surface area contributed by atoms with E-state index in [9.17, 15) is 0 Å². The number of benzene rings is 1. The Labute approximate surface area is 93.9 Å². The summed E-state index contributed by atoms with van der Waals surface area (Å²) in [6, 6.07) is 5.99. The summed E-state index contributed by atoms with van der Waals surface area (Å²) in [5, 5.41) is 0. The van der Waals surface area contributed by atoms with Gasteiger partial charge >= 0.3 is 0 Å². The van der Waals surface area contributed by atoms with Crippen molar-refractivity contribution in [3.8, 4) is 5.75 Å². The summed E-state index contributed by atoms with van der Waals surface area (Å²) in [4.78, 5) is 0. The molecule has 0 bridgehead atoms. The van der Waals surface area contributed by atoms with Crippen molar-refractivity contribution < 1.29 is 4.74 Å². The van der Waals surface area contributed by atoms with Gasteiger partial charge in [0.1, 0.15) is 5.75 Å². The third kappa shape index (κ3) is 2.61. The van der Waals surface area contributed by atoms with E-state index in [-0.39, 0.29) is 5.92 Å². The number of hydrogen-bond acceptors (Lipinski definition) is 1. The summed E-state index contributed by atoms with van der Waals surface area (Å²) in [6.07, 6.45) is 1.82. The maximum absolute atomic E-state index is 5.46. The lowest BCUT2D eigenvalue weighted by Crippen LogP contribution is -1.95. The van der Waals surface area contributed by atoms with E-state index in [0.717, 1.165) is 15.8 Å². The molecule has 0 aliphatic carbocycles. The van der Waals surface area contributed by atoms with Gasteiger partial charge in [-0.15, -0.1) is 6.58 Å². The van der Waals surface area contributed by atoms with Crippen LogP contribution in [0.15, 0.2) is 35.3 Å². The van der Waals surface area contributed by atoms with Gasteiger partial charge in [-0.3, -0.25) is 0 Å². The summed E-state index contributed by atoms with van der Waals surface area (Å²) in [6.45, 7) is 10.3. The molecule has 0 aliphatic rings. The van der Waals surface area contributed by atoms with E-state index in [1.54, 1.807) is 0 Å². The molecule has 0 amide bonds. The Hall–Kier alpha value is -0.760. The van der Waals surface area contributed by atoms with Crippen LogP contribution in [-0.2, 0) is 0 Å². The van der Waals surface area contributed by atoms with Gasteiger partial charge in [0.25, 0.3) is 0 Å². The van der Waals surface area contributed by atoms with E-state index >= 15 is 0 Å². The number of halogens is 1. The molecule has 1 unspecified atom stereocenters. The molecule has 0 saturated heterocycles. The van der Waals surface area contributed by atoms with E-state index in [0.29, 0.717) is 6.61 Å². The van der Waals surface area contributed by atoms with Crippen LogP contribution in [0.2, 0.25) is 0 Å². The van der Waals surface area contributed by atoms with Gasteiger partial charge in [0.15, 0.2) is 0 Å². The Morgan fingerprint density at radius 3 is 2.86 bits per heavy atom. The average molecular weight is 254 g/mol. The number of hydrogen-bond donors (Lipinski definition) is 0. The van der Waals surface area contributed by atoms with Crippen LogP contribution in [0, 0.1) is 6.92 Å². The Bertz CT molecular complexity index is 320. The molecule has 1 aromatic carbocycles. The quantitative estimate of drug-likeness (QED) is 0.739. The molecule has 0 heterocycles. The van der Waals surface area contributed by atoms with Crippen LogP contribution in [-0.4, -0.2) is 6.61 Å². The smallest absolute Gasteiger partial charge is 0.133 e. The second kappa shape index (κ2) is 5.20. The van der Waals surface area contributed by atoms with Gasteiger partial charge in [0.05, 0.1) is 11.1 Å². The highest BCUT2D eigenvalue weighted by atomic mass is 79.9. The second-order valence-electron chi connectivity index (χ2n) is 2.97. The highest BCUT2D eigenvalue weighted by Gasteiger charge is 2.05. The molecule has 0 spiro atoms. The van der Waals surface area contributed by atoms with E-state index < -0.39 is 0 Å². The summed E-state index contributed by atoms with van der Waals surface area (Å²) in [5.74, 6) is 0.975. The summed E-state index contributed by atoms with van der Waals surface area (Å²) < 4.78 is 6.43. The zero-order chi connectivity index (χ0) is 10.6. The Balaban J connectivity index is 2.99. The first-order valence-corrected chi connectivity index (χ1v) is 5.36.